The van der Waals surface area contributed by atoms with E-state index in [2.05, 4.69) is 12.2 Å². The van der Waals surface area contributed by atoms with E-state index in [1.807, 2.05) is 35.8 Å². The summed E-state index contributed by atoms with van der Waals surface area (Å²) >= 11 is 0. The zero-order valence-electron chi connectivity index (χ0n) is 17.1. The molecule has 0 bridgehead atoms. The van der Waals surface area contributed by atoms with Crippen molar-refractivity contribution >= 4 is 24.2 Å². The molecule has 1 aromatic rings. The fourth-order valence-corrected chi connectivity index (χ4v) is 3.97. The van der Waals surface area contributed by atoms with Gasteiger partial charge in [0.05, 0.1) is 0 Å². The molecule has 0 saturated carbocycles. The van der Waals surface area contributed by atoms with Crippen LogP contribution in [0.5, 0.6) is 5.75 Å². The molecule has 1 N–H and O–H groups in total. The van der Waals surface area contributed by atoms with Crippen molar-refractivity contribution in [1.82, 2.24) is 15.1 Å². The number of halogens is 1. The Hall–Kier alpha value is -1.79. The fourth-order valence-electron chi connectivity index (χ4n) is 3.97. The van der Waals surface area contributed by atoms with Crippen molar-refractivity contribution in [2.24, 2.45) is 0 Å². The first-order valence-corrected chi connectivity index (χ1v) is 10.00. The minimum Gasteiger partial charge on any atom is -0.483 e. The molecule has 6 nitrogen and oxygen atoms in total. The van der Waals surface area contributed by atoms with Crippen molar-refractivity contribution in [1.29, 1.82) is 0 Å². The highest BCUT2D eigenvalue weighted by atomic mass is 35.5. The van der Waals surface area contributed by atoms with Crippen LogP contribution >= 0.6 is 12.4 Å². The van der Waals surface area contributed by atoms with E-state index in [9.17, 15) is 9.59 Å². The molecule has 2 aliphatic heterocycles. The lowest BCUT2D eigenvalue weighted by atomic mass is 10.0. The van der Waals surface area contributed by atoms with Gasteiger partial charge in [0.15, 0.2) is 6.61 Å². The van der Waals surface area contributed by atoms with Crippen molar-refractivity contribution in [3.8, 4) is 5.75 Å². The number of nitrogens with zero attached hydrogens (tertiary/aromatic N) is 2. The molecule has 0 aromatic heterocycles. The molecule has 2 saturated heterocycles. The molecule has 1 atom stereocenters. The minimum atomic E-state index is 0. The predicted octanol–water partition coefficient (Wildman–Crippen LogP) is 2.55. The van der Waals surface area contributed by atoms with Crippen LogP contribution in [0, 0.1) is 13.8 Å². The van der Waals surface area contributed by atoms with Crippen LogP contribution in [0.25, 0.3) is 0 Å². The first-order valence-electron chi connectivity index (χ1n) is 10.00. The highest BCUT2D eigenvalue weighted by molar-refractivity contribution is 5.95. The second-order valence-corrected chi connectivity index (χ2v) is 7.78. The molecule has 156 valence electrons. The summed E-state index contributed by atoms with van der Waals surface area (Å²) in [6.07, 6.45) is 3.35. The van der Waals surface area contributed by atoms with Gasteiger partial charge >= 0.3 is 0 Å². The van der Waals surface area contributed by atoms with Crippen molar-refractivity contribution in [3.05, 3.63) is 28.8 Å². The van der Waals surface area contributed by atoms with Gasteiger partial charge in [0.1, 0.15) is 5.75 Å². The first-order chi connectivity index (χ1) is 13.0. The molecule has 7 heteroatoms. The van der Waals surface area contributed by atoms with Crippen LogP contribution in [-0.4, -0.2) is 67.0 Å². The largest absolute Gasteiger partial charge is 0.483 e. The first kappa shape index (κ1) is 22.5. The predicted molar refractivity (Wildman–Crippen MR) is 112 cm³/mol. The molecule has 28 heavy (non-hydrogen) atoms. The number of hydrogen-bond donors (Lipinski definition) is 1. The van der Waals surface area contributed by atoms with Gasteiger partial charge in [-0.25, -0.2) is 0 Å². The quantitative estimate of drug-likeness (QED) is 0.830. The van der Waals surface area contributed by atoms with E-state index in [1.54, 1.807) is 0 Å². The summed E-state index contributed by atoms with van der Waals surface area (Å²) in [5, 5.41) is 3.35. The molecule has 3 rings (SSSR count). The molecule has 2 amide bonds. The van der Waals surface area contributed by atoms with Gasteiger partial charge < -0.3 is 19.9 Å². The van der Waals surface area contributed by atoms with Gasteiger partial charge in [0, 0.05) is 44.3 Å². The number of ether oxygens (including phenoxy) is 1. The number of hydrogen-bond acceptors (Lipinski definition) is 4. The maximum atomic E-state index is 12.8. The van der Waals surface area contributed by atoms with E-state index in [0.717, 1.165) is 56.7 Å². The van der Waals surface area contributed by atoms with E-state index >= 15 is 0 Å². The summed E-state index contributed by atoms with van der Waals surface area (Å²) in [5.74, 6) is 0.819. The Bertz CT molecular complexity index is 681. The highest BCUT2D eigenvalue weighted by Crippen LogP contribution is 2.26. The third-order valence-electron chi connectivity index (χ3n) is 5.41. The van der Waals surface area contributed by atoms with E-state index in [-0.39, 0.29) is 30.8 Å². The Morgan fingerprint density at radius 1 is 1.07 bits per heavy atom. The van der Waals surface area contributed by atoms with Crippen LogP contribution in [-0.2, 0) is 4.79 Å². The summed E-state index contributed by atoms with van der Waals surface area (Å²) in [6.45, 7) is 9.95. The number of piperidine rings is 1. The number of aryl methyl sites for hydroxylation is 2. The number of piperazine rings is 1. The summed E-state index contributed by atoms with van der Waals surface area (Å²) in [7, 11) is 0. The van der Waals surface area contributed by atoms with Gasteiger partial charge in [-0.2, -0.15) is 0 Å². The van der Waals surface area contributed by atoms with Crippen molar-refractivity contribution < 1.29 is 14.3 Å². The zero-order chi connectivity index (χ0) is 19.4. The Balaban J connectivity index is 0.00000280. The number of benzene rings is 1. The average molecular weight is 410 g/mol. The second kappa shape index (κ2) is 10.1. The normalized spacial score (nSPS) is 19.8. The maximum Gasteiger partial charge on any atom is 0.260 e. The summed E-state index contributed by atoms with van der Waals surface area (Å²) in [6, 6.07) is 4.07. The lowest BCUT2D eigenvalue weighted by molar-refractivity contribution is -0.134. The summed E-state index contributed by atoms with van der Waals surface area (Å²) in [4.78, 5) is 29.0. The third-order valence-corrected chi connectivity index (χ3v) is 5.41. The Morgan fingerprint density at radius 2 is 1.71 bits per heavy atom. The lowest BCUT2D eigenvalue weighted by Gasteiger charge is -2.32. The molecule has 1 aromatic carbocycles. The van der Waals surface area contributed by atoms with Crippen LogP contribution in [0.2, 0.25) is 0 Å². The van der Waals surface area contributed by atoms with Gasteiger partial charge in [0.25, 0.3) is 11.8 Å². The van der Waals surface area contributed by atoms with Gasteiger partial charge in [0.2, 0.25) is 0 Å². The molecular formula is C21H32ClN3O3. The molecule has 0 radical (unpaired) electrons. The Labute approximate surface area is 174 Å². The van der Waals surface area contributed by atoms with E-state index in [4.69, 9.17) is 4.74 Å². The number of nitrogens with one attached hydrogen (secondary N) is 1. The smallest absolute Gasteiger partial charge is 0.260 e. The monoisotopic (exact) mass is 409 g/mol. The summed E-state index contributed by atoms with van der Waals surface area (Å²) < 4.78 is 5.85. The number of amides is 2. The van der Waals surface area contributed by atoms with E-state index < -0.39 is 0 Å². The maximum absolute atomic E-state index is 12.8. The molecule has 2 fully saturated rings. The third kappa shape index (κ3) is 5.39. The van der Waals surface area contributed by atoms with Gasteiger partial charge in [-0.1, -0.05) is 0 Å². The van der Waals surface area contributed by atoms with Gasteiger partial charge in [-0.15, -0.1) is 12.4 Å². The van der Waals surface area contributed by atoms with Crippen molar-refractivity contribution in [3.63, 3.8) is 0 Å². The summed E-state index contributed by atoms with van der Waals surface area (Å²) in [5.41, 5.74) is 2.48. The van der Waals surface area contributed by atoms with Crippen LogP contribution in [0.3, 0.4) is 0 Å². The second-order valence-electron chi connectivity index (χ2n) is 7.78. The van der Waals surface area contributed by atoms with Crippen molar-refractivity contribution in [2.45, 2.75) is 46.1 Å². The van der Waals surface area contributed by atoms with Crippen LogP contribution in [0.4, 0.5) is 0 Å². The fraction of sp³-hybridized carbons (Fsp3) is 0.619. The number of carbonyl (C=O) groups excluding carboxylic acids is 2. The Kier molecular flexibility index (Phi) is 8.13. The van der Waals surface area contributed by atoms with Gasteiger partial charge in [-0.3, -0.25) is 9.59 Å². The SMILES string of the molecule is Cc1cc(C(=O)N2CCNC(C)C2)cc(C)c1OCC(=O)N1CCCCC1.Cl. The average Bonchev–Trinajstić information content (AvgIpc) is 2.67. The van der Waals surface area contributed by atoms with Crippen LogP contribution in [0.15, 0.2) is 12.1 Å². The van der Waals surface area contributed by atoms with E-state index in [1.165, 1.54) is 6.42 Å². The molecule has 1 unspecified atom stereocenters. The van der Waals surface area contributed by atoms with Crippen LogP contribution < -0.4 is 10.1 Å². The molecule has 0 spiro atoms. The topological polar surface area (TPSA) is 61.9 Å². The highest BCUT2D eigenvalue weighted by Gasteiger charge is 2.23. The molecule has 2 heterocycles. The molecule has 0 aliphatic carbocycles. The minimum absolute atomic E-state index is 0. The molecular weight excluding hydrogens is 378 g/mol. The number of likely N-dealkylation sites (tertiary alicyclic amines) is 1. The zero-order valence-corrected chi connectivity index (χ0v) is 17.9. The number of rotatable bonds is 4. The number of carbonyl (C=O) groups is 2. The van der Waals surface area contributed by atoms with E-state index in [0.29, 0.717) is 17.4 Å². The van der Waals surface area contributed by atoms with Crippen molar-refractivity contribution in [2.75, 3.05) is 39.3 Å². The van der Waals surface area contributed by atoms with Crippen LogP contribution in [0.1, 0.15) is 47.7 Å². The lowest BCUT2D eigenvalue weighted by Crippen LogP contribution is -2.51. The van der Waals surface area contributed by atoms with Gasteiger partial charge in [-0.05, 0) is 63.3 Å². The standard InChI is InChI=1S/C21H31N3O3.ClH/c1-15-11-18(21(26)24-10-7-22-17(3)13-24)12-16(2)20(15)27-14-19(25)23-8-5-4-6-9-23;/h11-12,17,22H,4-10,13-14H2,1-3H3;1H. The molecule has 2 aliphatic rings. The Morgan fingerprint density at radius 3 is 2.32 bits per heavy atom.